The Morgan fingerprint density at radius 1 is 1.07 bits per heavy atom. The summed E-state index contributed by atoms with van der Waals surface area (Å²) in [6.07, 6.45) is -2.95. The summed E-state index contributed by atoms with van der Waals surface area (Å²) in [6, 6.07) is 14.9. The second-order valence-electron chi connectivity index (χ2n) is 5.68. The Morgan fingerprint density at radius 2 is 1.75 bits per heavy atom. The van der Waals surface area contributed by atoms with E-state index in [1.54, 1.807) is 18.2 Å². The summed E-state index contributed by atoms with van der Waals surface area (Å²) < 4.78 is 48.7. The van der Waals surface area contributed by atoms with Gasteiger partial charge in [0, 0.05) is 0 Å². The van der Waals surface area contributed by atoms with E-state index in [1.807, 2.05) is 18.2 Å². The second kappa shape index (κ2) is 8.03. The number of carbonyl (C=O) groups excluding carboxylic acids is 1. The van der Waals surface area contributed by atoms with Crippen molar-refractivity contribution in [1.29, 1.82) is 0 Å². The van der Waals surface area contributed by atoms with Gasteiger partial charge in [0.15, 0.2) is 18.1 Å². The topological polar surface area (TPSA) is 65.4 Å². The third-order valence-corrected chi connectivity index (χ3v) is 3.66. The quantitative estimate of drug-likeness (QED) is 0.688. The number of alkyl halides is 3. The molecule has 1 N–H and O–H groups in total. The molecular weight excluding hydrogens is 375 g/mol. The number of rotatable bonds is 6. The molecule has 3 rings (SSSR count). The van der Waals surface area contributed by atoms with E-state index in [-0.39, 0.29) is 22.9 Å². The lowest BCUT2D eigenvalue weighted by molar-refractivity contribution is -0.153. The second-order valence-corrected chi connectivity index (χ2v) is 5.68. The van der Waals surface area contributed by atoms with Crippen LogP contribution in [0.15, 0.2) is 60.8 Å². The van der Waals surface area contributed by atoms with E-state index in [0.29, 0.717) is 5.69 Å². The van der Waals surface area contributed by atoms with Crippen LogP contribution in [-0.2, 0) is 0 Å². The Hall–Kier alpha value is -3.49. The highest BCUT2D eigenvalue weighted by Crippen LogP contribution is 2.28. The van der Waals surface area contributed by atoms with Crippen molar-refractivity contribution in [3.05, 3.63) is 66.5 Å². The van der Waals surface area contributed by atoms with Crippen LogP contribution in [0.3, 0.4) is 0 Å². The smallest absolute Gasteiger partial charge is 0.422 e. The average molecular weight is 391 g/mol. The fourth-order valence-electron chi connectivity index (χ4n) is 2.41. The zero-order valence-corrected chi connectivity index (χ0v) is 14.7. The van der Waals surface area contributed by atoms with Gasteiger partial charge in [-0.1, -0.05) is 30.3 Å². The molecule has 0 atom stereocenters. The summed E-state index contributed by atoms with van der Waals surface area (Å²) in [6.45, 7) is -1.47. The molecule has 0 aliphatic heterocycles. The van der Waals surface area contributed by atoms with E-state index in [1.165, 1.54) is 36.2 Å². The minimum absolute atomic E-state index is 0.0167. The highest BCUT2D eigenvalue weighted by atomic mass is 19.4. The summed E-state index contributed by atoms with van der Waals surface area (Å²) in [4.78, 5) is 12.6. The van der Waals surface area contributed by atoms with Crippen LogP contribution in [0.4, 0.5) is 18.9 Å². The number of nitrogens with zero attached hydrogens (tertiary/aromatic N) is 2. The van der Waals surface area contributed by atoms with Crippen molar-refractivity contribution in [2.45, 2.75) is 6.18 Å². The molecule has 0 bridgehead atoms. The standard InChI is InChI=1S/C19H16F3N3O3/c1-27-16-11-25(13-7-3-2-4-8-13)24-17(16)18(26)23-14-9-5-6-10-15(14)28-12-19(20,21)22/h2-11H,12H2,1H3,(H,23,26). The maximum atomic E-state index is 12.6. The Balaban J connectivity index is 1.83. The molecule has 0 unspecified atom stereocenters. The van der Waals surface area contributed by atoms with Crippen molar-refractivity contribution in [3.8, 4) is 17.2 Å². The molecular formula is C19H16F3N3O3. The van der Waals surface area contributed by atoms with E-state index in [0.717, 1.165) is 0 Å². The van der Waals surface area contributed by atoms with Crippen molar-refractivity contribution in [1.82, 2.24) is 9.78 Å². The number of aromatic nitrogens is 2. The molecule has 1 aromatic heterocycles. The number of benzene rings is 2. The molecule has 0 radical (unpaired) electrons. The van der Waals surface area contributed by atoms with Crippen molar-refractivity contribution in [2.24, 2.45) is 0 Å². The van der Waals surface area contributed by atoms with Crippen molar-refractivity contribution >= 4 is 11.6 Å². The van der Waals surface area contributed by atoms with Gasteiger partial charge in [0.2, 0.25) is 0 Å². The van der Waals surface area contributed by atoms with E-state index >= 15 is 0 Å². The van der Waals surface area contributed by atoms with E-state index in [4.69, 9.17) is 9.47 Å². The fourth-order valence-corrected chi connectivity index (χ4v) is 2.41. The van der Waals surface area contributed by atoms with E-state index in [9.17, 15) is 18.0 Å². The van der Waals surface area contributed by atoms with Gasteiger partial charge in [-0.15, -0.1) is 0 Å². The Kier molecular flexibility index (Phi) is 5.53. The molecule has 9 heteroatoms. The minimum Gasteiger partial charge on any atom is -0.493 e. The Bertz CT molecular complexity index is 956. The van der Waals surface area contributed by atoms with Gasteiger partial charge in [0.25, 0.3) is 5.91 Å². The summed E-state index contributed by atoms with van der Waals surface area (Å²) in [5.41, 5.74) is 0.791. The number of hydrogen-bond acceptors (Lipinski definition) is 4. The molecule has 6 nitrogen and oxygen atoms in total. The molecule has 0 saturated carbocycles. The van der Waals surface area contributed by atoms with Gasteiger partial charge >= 0.3 is 6.18 Å². The van der Waals surface area contributed by atoms with Gasteiger partial charge < -0.3 is 14.8 Å². The van der Waals surface area contributed by atoms with Gasteiger partial charge in [-0.25, -0.2) is 4.68 Å². The molecule has 1 amide bonds. The Labute approximate surface area is 158 Å². The largest absolute Gasteiger partial charge is 0.493 e. The molecule has 0 aliphatic rings. The van der Waals surface area contributed by atoms with Crippen LogP contribution in [0.25, 0.3) is 5.69 Å². The van der Waals surface area contributed by atoms with Crippen molar-refractivity contribution in [2.75, 3.05) is 19.0 Å². The van der Waals surface area contributed by atoms with Gasteiger partial charge in [-0.3, -0.25) is 4.79 Å². The number of amides is 1. The third-order valence-electron chi connectivity index (χ3n) is 3.66. The molecule has 0 aliphatic carbocycles. The number of para-hydroxylation sites is 3. The molecule has 1 heterocycles. The Morgan fingerprint density at radius 3 is 2.43 bits per heavy atom. The molecule has 2 aromatic carbocycles. The number of nitrogens with one attached hydrogen (secondary N) is 1. The number of ether oxygens (including phenoxy) is 2. The van der Waals surface area contributed by atoms with E-state index < -0.39 is 18.7 Å². The number of anilines is 1. The molecule has 0 fully saturated rings. The van der Waals surface area contributed by atoms with Crippen molar-refractivity contribution < 1.29 is 27.4 Å². The number of carbonyl (C=O) groups is 1. The maximum Gasteiger partial charge on any atom is 0.422 e. The summed E-state index contributed by atoms with van der Waals surface area (Å²) in [5.74, 6) is -0.528. The van der Waals surface area contributed by atoms with Crippen molar-refractivity contribution in [3.63, 3.8) is 0 Å². The first kappa shape index (κ1) is 19.3. The first-order valence-corrected chi connectivity index (χ1v) is 8.16. The van der Waals surface area contributed by atoms with Crippen LogP contribution >= 0.6 is 0 Å². The third kappa shape index (κ3) is 4.61. The van der Waals surface area contributed by atoms with Gasteiger partial charge in [-0.2, -0.15) is 18.3 Å². The monoisotopic (exact) mass is 391 g/mol. The first-order chi connectivity index (χ1) is 13.4. The average Bonchev–Trinajstić information content (AvgIpc) is 3.12. The predicted octanol–water partition coefficient (Wildman–Crippen LogP) is 4.07. The summed E-state index contributed by atoms with van der Waals surface area (Å²) >= 11 is 0. The van der Waals surface area contributed by atoms with Gasteiger partial charge in [0.1, 0.15) is 5.75 Å². The van der Waals surface area contributed by atoms with Crippen LogP contribution in [-0.4, -0.2) is 35.6 Å². The molecule has 146 valence electrons. The molecule has 0 saturated heterocycles. The SMILES string of the molecule is COc1cn(-c2ccccc2)nc1C(=O)Nc1ccccc1OCC(F)(F)F. The lowest BCUT2D eigenvalue weighted by Crippen LogP contribution is -2.20. The highest BCUT2D eigenvalue weighted by molar-refractivity contribution is 6.05. The zero-order chi connectivity index (χ0) is 20.1. The van der Waals surface area contributed by atoms with Crippen LogP contribution in [0, 0.1) is 0 Å². The fraction of sp³-hybridized carbons (Fsp3) is 0.158. The zero-order valence-electron chi connectivity index (χ0n) is 14.7. The maximum absolute atomic E-state index is 12.6. The number of methoxy groups -OCH3 is 1. The van der Waals surface area contributed by atoms with Gasteiger partial charge in [0.05, 0.1) is 24.7 Å². The van der Waals surface area contributed by atoms with Crippen LogP contribution in [0.2, 0.25) is 0 Å². The van der Waals surface area contributed by atoms with Gasteiger partial charge in [-0.05, 0) is 24.3 Å². The number of hydrogen-bond donors (Lipinski definition) is 1. The van der Waals surface area contributed by atoms with Crippen LogP contribution < -0.4 is 14.8 Å². The molecule has 28 heavy (non-hydrogen) atoms. The minimum atomic E-state index is -4.49. The lowest BCUT2D eigenvalue weighted by atomic mass is 10.2. The summed E-state index contributed by atoms with van der Waals surface area (Å²) in [5, 5.41) is 6.74. The van der Waals surface area contributed by atoms with Crippen LogP contribution in [0.1, 0.15) is 10.5 Å². The molecule has 3 aromatic rings. The normalized spacial score (nSPS) is 11.1. The first-order valence-electron chi connectivity index (χ1n) is 8.16. The van der Waals surface area contributed by atoms with Crippen LogP contribution in [0.5, 0.6) is 11.5 Å². The lowest BCUT2D eigenvalue weighted by Gasteiger charge is -2.13. The summed E-state index contributed by atoms with van der Waals surface area (Å²) in [7, 11) is 1.39. The number of halogens is 3. The predicted molar refractivity (Wildman–Crippen MR) is 96.1 cm³/mol. The van der Waals surface area contributed by atoms with E-state index in [2.05, 4.69) is 10.4 Å². The highest BCUT2D eigenvalue weighted by Gasteiger charge is 2.29. The molecule has 0 spiro atoms.